The Morgan fingerprint density at radius 3 is 1.42 bits per heavy atom. The van der Waals surface area contributed by atoms with E-state index in [1.807, 2.05) is 54.6 Å². The fourth-order valence-corrected chi connectivity index (χ4v) is 2.58. The molecule has 0 spiro atoms. The van der Waals surface area contributed by atoms with Gasteiger partial charge in [0.1, 0.15) is 0 Å². The van der Waals surface area contributed by atoms with Crippen LogP contribution in [0.3, 0.4) is 0 Å². The Morgan fingerprint density at radius 1 is 0.538 bits per heavy atom. The standard InChI is InChI=1S/C26H22/c1-2-3-7-23-11-14-25(15-12-23)18-21-26-19-16-24(17-20-26)13-10-22-8-5-4-6-9-22/h4-6,8-9,11-12,14-17,19-20H,2-3,7H2,1H3. The quantitative estimate of drug-likeness (QED) is 0.529. The van der Waals surface area contributed by atoms with Crippen molar-refractivity contribution in [2.75, 3.05) is 0 Å². The third kappa shape index (κ3) is 5.41. The molecule has 3 aromatic rings. The van der Waals surface area contributed by atoms with E-state index in [0.717, 1.165) is 28.7 Å². The lowest BCUT2D eigenvalue weighted by atomic mass is 10.1. The van der Waals surface area contributed by atoms with Crippen LogP contribution in [-0.2, 0) is 6.42 Å². The summed E-state index contributed by atoms with van der Waals surface area (Å²) in [7, 11) is 0. The highest BCUT2D eigenvalue weighted by atomic mass is 14.0. The van der Waals surface area contributed by atoms with E-state index in [1.54, 1.807) is 0 Å². The van der Waals surface area contributed by atoms with E-state index < -0.39 is 0 Å². The van der Waals surface area contributed by atoms with Crippen LogP contribution in [0.25, 0.3) is 0 Å². The van der Waals surface area contributed by atoms with Crippen LogP contribution in [0, 0.1) is 23.7 Å². The molecule has 3 rings (SSSR count). The van der Waals surface area contributed by atoms with Gasteiger partial charge in [0.05, 0.1) is 0 Å². The number of hydrogen-bond acceptors (Lipinski definition) is 0. The van der Waals surface area contributed by atoms with Crippen molar-refractivity contribution < 1.29 is 0 Å². The summed E-state index contributed by atoms with van der Waals surface area (Å²) in [5.41, 5.74) is 5.47. The molecule has 0 N–H and O–H groups in total. The van der Waals surface area contributed by atoms with E-state index in [9.17, 15) is 0 Å². The Kier molecular flexibility index (Phi) is 6.30. The highest BCUT2D eigenvalue weighted by Gasteiger charge is 1.93. The molecular weight excluding hydrogens is 312 g/mol. The molecular formula is C26H22. The minimum atomic E-state index is 1.000. The van der Waals surface area contributed by atoms with E-state index in [-0.39, 0.29) is 0 Å². The maximum absolute atomic E-state index is 3.24. The molecule has 0 aliphatic carbocycles. The van der Waals surface area contributed by atoms with E-state index in [1.165, 1.54) is 18.4 Å². The van der Waals surface area contributed by atoms with Crippen LogP contribution in [0.2, 0.25) is 0 Å². The zero-order valence-electron chi connectivity index (χ0n) is 15.1. The summed E-state index contributed by atoms with van der Waals surface area (Å²) in [5, 5.41) is 0. The number of unbranched alkanes of at least 4 members (excludes halogenated alkanes) is 1. The van der Waals surface area contributed by atoms with E-state index in [2.05, 4.69) is 54.9 Å². The second-order valence-corrected chi connectivity index (χ2v) is 6.24. The molecule has 0 atom stereocenters. The minimum Gasteiger partial charge on any atom is -0.0654 e. The van der Waals surface area contributed by atoms with Crippen molar-refractivity contribution in [2.24, 2.45) is 0 Å². The van der Waals surface area contributed by atoms with E-state index in [4.69, 9.17) is 0 Å². The Hall–Kier alpha value is -3.22. The molecule has 0 saturated carbocycles. The van der Waals surface area contributed by atoms with Gasteiger partial charge in [0.25, 0.3) is 0 Å². The lowest BCUT2D eigenvalue weighted by Crippen LogP contribution is -1.84. The van der Waals surface area contributed by atoms with Crippen LogP contribution in [0.4, 0.5) is 0 Å². The van der Waals surface area contributed by atoms with Gasteiger partial charge in [-0.05, 0) is 66.9 Å². The summed E-state index contributed by atoms with van der Waals surface area (Å²) in [6.45, 7) is 2.22. The first-order chi connectivity index (χ1) is 12.8. The van der Waals surface area contributed by atoms with E-state index >= 15 is 0 Å². The van der Waals surface area contributed by atoms with Gasteiger partial charge in [0, 0.05) is 22.3 Å². The smallest absolute Gasteiger partial charge is 0.0249 e. The van der Waals surface area contributed by atoms with Crippen molar-refractivity contribution >= 4 is 0 Å². The van der Waals surface area contributed by atoms with Crippen molar-refractivity contribution in [3.63, 3.8) is 0 Å². The molecule has 0 aliphatic rings. The predicted molar refractivity (Wildman–Crippen MR) is 110 cm³/mol. The van der Waals surface area contributed by atoms with Crippen molar-refractivity contribution in [2.45, 2.75) is 26.2 Å². The van der Waals surface area contributed by atoms with Crippen LogP contribution >= 0.6 is 0 Å². The second kappa shape index (κ2) is 9.31. The third-order valence-electron chi connectivity index (χ3n) is 4.13. The minimum absolute atomic E-state index is 1.000. The molecule has 0 heteroatoms. The van der Waals surface area contributed by atoms with Gasteiger partial charge < -0.3 is 0 Å². The molecule has 3 aromatic carbocycles. The van der Waals surface area contributed by atoms with Crippen molar-refractivity contribution in [3.8, 4) is 23.7 Å². The molecule has 0 aliphatic heterocycles. The summed E-state index contributed by atoms with van der Waals surface area (Å²) in [6, 6.07) is 26.7. The summed E-state index contributed by atoms with van der Waals surface area (Å²) in [4.78, 5) is 0. The third-order valence-corrected chi connectivity index (χ3v) is 4.13. The summed E-state index contributed by atoms with van der Waals surface area (Å²) in [6.07, 6.45) is 3.62. The maximum Gasteiger partial charge on any atom is 0.0249 e. The molecule has 0 unspecified atom stereocenters. The molecule has 0 aromatic heterocycles. The average Bonchev–Trinajstić information content (AvgIpc) is 2.71. The average molecular weight is 334 g/mol. The molecule has 26 heavy (non-hydrogen) atoms. The first kappa shape index (κ1) is 17.6. The van der Waals surface area contributed by atoms with Gasteiger partial charge >= 0.3 is 0 Å². The number of aryl methyl sites for hydroxylation is 1. The first-order valence-corrected chi connectivity index (χ1v) is 9.11. The number of benzene rings is 3. The molecule has 0 heterocycles. The highest BCUT2D eigenvalue weighted by Crippen LogP contribution is 2.08. The van der Waals surface area contributed by atoms with Crippen molar-refractivity contribution in [1.29, 1.82) is 0 Å². The van der Waals surface area contributed by atoms with Crippen molar-refractivity contribution in [1.82, 2.24) is 0 Å². The molecule has 126 valence electrons. The lowest BCUT2D eigenvalue weighted by molar-refractivity contribution is 0.795. The largest absolute Gasteiger partial charge is 0.0654 e. The highest BCUT2D eigenvalue weighted by molar-refractivity contribution is 5.48. The molecule has 0 radical (unpaired) electrons. The monoisotopic (exact) mass is 334 g/mol. The molecule has 0 amide bonds. The molecule has 0 fully saturated rings. The van der Waals surface area contributed by atoms with E-state index in [0.29, 0.717) is 0 Å². The number of rotatable bonds is 3. The SMILES string of the molecule is CCCCc1ccc(C#Cc2ccc(C#Cc3ccccc3)cc2)cc1. The molecule has 0 saturated heterocycles. The predicted octanol–water partition coefficient (Wildman–Crippen LogP) is 5.83. The van der Waals surface area contributed by atoms with Gasteiger partial charge in [-0.1, -0.05) is 67.4 Å². The van der Waals surface area contributed by atoms with Gasteiger partial charge in [0.2, 0.25) is 0 Å². The summed E-state index contributed by atoms with van der Waals surface area (Å²) < 4.78 is 0. The lowest BCUT2D eigenvalue weighted by Gasteiger charge is -1.99. The van der Waals surface area contributed by atoms with Crippen LogP contribution in [0.15, 0.2) is 78.9 Å². The van der Waals surface area contributed by atoms with Crippen LogP contribution in [0.1, 0.15) is 47.6 Å². The van der Waals surface area contributed by atoms with Crippen LogP contribution < -0.4 is 0 Å². The maximum atomic E-state index is 3.24. The van der Waals surface area contributed by atoms with Gasteiger partial charge in [-0.3, -0.25) is 0 Å². The number of hydrogen-bond donors (Lipinski definition) is 0. The summed E-state index contributed by atoms with van der Waals surface area (Å²) >= 11 is 0. The van der Waals surface area contributed by atoms with Crippen molar-refractivity contribution in [3.05, 3.63) is 107 Å². The van der Waals surface area contributed by atoms with Gasteiger partial charge in [0.15, 0.2) is 0 Å². The second-order valence-electron chi connectivity index (χ2n) is 6.24. The summed E-state index contributed by atoms with van der Waals surface area (Å²) in [5.74, 6) is 12.8. The fraction of sp³-hybridized carbons (Fsp3) is 0.154. The zero-order valence-corrected chi connectivity index (χ0v) is 15.1. The Labute approximate surface area is 156 Å². The topological polar surface area (TPSA) is 0 Å². The Balaban J connectivity index is 1.65. The molecule has 0 nitrogen and oxygen atoms in total. The zero-order chi connectivity index (χ0) is 18.0. The molecule has 0 bridgehead atoms. The van der Waals surface area contributed by atoms with Gasteiger partial charge in [-0.15, -0.1) is 0 Å². The van der Waals surface area contributed by atoms with Crippen LogP contribution in [-0.4, -0.2) is 0 Å². The fourth-order valence-electron chi connectivity index (χ4n) is 2.58. The Bertz CT molecular complexity index is 938. The first-order valence-electron chi connectivity index (χ1n) is 9.11. The normalized spacial score (nSPS) is 9.58. The van der Waals surface area contributed by atoms with Crippen LogP contribution in [0.5, 0.6) is 0 Å². The van der Waals surface area contributed by atoms with Gasteiger partial charge in [-0.25, -0.2) is 0 Å². The van der Waals surface area contributed by atoms with Gasteiger partial charge in [-0.2, -0.15) is 0 Å². The Morgan fingerprint density at radius 2 is 0.962 bits per heavy atom.